The molecule has 1 aromatic heterocycles. The summed E-state index contributed by atoms with van der Waals surface area (Å²) in [5.41, 5.74) is 2.27. The number of ether oxygens (including phenoxy) is 2. The highest BCUT2D eigenvalue weighted by Gasteiger charge is 2.28. The molecule has 0 aliphatic carbocycles. The highest BCUT2D eigenvalue weighted by Crippen LogP contribution is 2.29. The third-order valence-electron chi connectivity index (χ3n) is 5.34. The van der Waals surface area contributed by atoms with Crippen LogP contribution in [0.25, 0.3) is 10.8 Å². The Kier molecular flexibility index (Phi) is 5.28. The lowest BCUT2D eigenvalue weighted by Crippen LogP contribution is -2.48. The molecule has 0 bridgehead atoms. The molecule has 0 spiro atoms. The van der Waals surface area contributed by atoms with Crippen LogP contribution in [0, 0.1) is 13.8 Å². The number of aryl methyl sites for hydroxylation is 2. The van der Waals surface area contributed by atoms with Crippen molar-refractivity contribution in [2.24, 2.45) is 0 Å². The van der Waals surface area contributed by atoms with E-state index in [0.29, 0.717) is 31.0 Å². The second kappa shape index (κ2) is 7.87. The first kappa shape index (κ1) is 19.5. The Morgan fingerprint density at radius 1 is 1.14 bits per heavy atom. The van der Waals surface area contributed by atoms with E-state index in [4.69, 9.17) is 14.0 Å². The highest BCUT2D eigenvalue weighted by atomic mass is 16.5. The first-order valence-electron chi connectivity index (χ1n) is 9.94. The van der Waals surface area contributed by atoms with E-state index in [2.05, 4.69) is 5.16 Å². The zero-order valence-electron chi connectivity index (χ0n) is 17.3. The fourth-order valence-electron chi connectivity index (χ4n) is 3.88. The molecule has 2 atom stereocenters. The van der Waals surface area contributed by atoms with Crippen LogP contribution in [-0.2, 0) is 11.3 Å². The quantitative estimate of drug-likeness (QED) is 0.661. The Bertz CT molecular complexity index is 1010. The third-order valence-corrected chi connectivity index (χ3v) is 5.34. The van der Waals surface area contributed by atoms with Gasteiger partial charge in [0.05, 0.1) is 29.0 Å². The second-order valence-electron chi connectivity index (χ2n) is 7.75. The Morgan fingerprint density at radius 2 is 1.79 bits per heavy atom. The van der Waals surface area contributed by atoms with Crippen molar-refractivity contribution < 1.29 is 18.8 Å². The van der Waals surface area contributed by atoms with Crippen LogP contribution in [0.4, 0.5) is 0 Å². The van der Waals surface area contributed by atoms with Crippen LogP contribution in [0.15, 0.2) is 40.9 Å². The minimum absolute atomic E-state index is 0.00910. The van der Waals surface area contributed by atoms with Gasteiger partial charge in [-0.3, -0.25) is 4.79 Å². The maximum Gasteiger partial charge on any atom is 0.257 e. The van der Waals surface area contributed by atoms with E-state index in [1.165, 1.54) is 0 Å². The molecule has 152 valence electrons. The average molecular weight is 394 g/mol. The van der Waals surface area contributed by atoms with Gasteiger partial charge in [-0.1, -0.05) is 29.4 Å². The number of benzene rings is 2. The summed E-state index contributed by atoms with van der Waals surface area (Å²) in [6, 6.07) is 11.8. The number of morpholine rings is 1. The zero-order chi connectivity index (χ0) is 20.5. The fraction of sp³-hybridized carbons (Fsp3) is 0.391. The molecule has 6 nitrogen and oxygen atoms in total. The van der Waals surface area contributed by atoms with E-state index in [-0.39, 0.29) is 18.1 Å². The van der Waals surface area contributed by atoms with Gasteiger partial charge in [0.2, 0.25) is 0 Å². The molecule has 2 aromatic carbocycles. The molecular formula is C23H26N2O4. The summed E-state index contributed by atoms with van der Waals surface area (Å²) >= 11 is 0. The van der Waals surface area contributed by atoms with Crippen molar-refractivity contribution in [2.45, 2.75) is 46.5 Å². The minimum atomic E-state index is -0.0356. The monoisotopic (exact) mass is 394 g/mol. The smallest absolute Gasteiger partial charge is 0.257 e. The minimum Gasteiger partial charge on any atom is -0.488 e. The van der Waals surface area contributed by atoms with Gasteiger partial charge >= 0.3 is 0 Å². The molecule has 1 amide bonds. The van der Waals surface area contributed by atoms with E-state index in [9.17, 15) is 4.79 Å². The average Bonchev–Trinajstić information content (AvgIpc) is 3.02. The van der Waals surface area contributed by atoms with Crippen molar-refractivity contribution in [3.8, 4) is 5.75 Å². The lowest BCUT2D eigenvalue weighted by atomic mass is 10.0. The Labute approximate surface area is 170 Å². The van der Waals surface area contributed by atoms with Crippen LogP contribution < -0.4 is 4.74 Å². The molecule has 1 fully saturated rings. The second-order valence-corrected chi connectivity index (χ2v) is 7.75. The van der Waals surface area contributed by atoms with Gasteiger partial charge in [-0.05, 0) is 50.6 Å². The first-order chi connectivity index (χ1) is 13.9. The molecule has 4 rings (SSSR count). The van der Waals surface area contributed by atoms with Crippen LogP contribution in [0.1, 0.15) is 41.2 Å². The summed E-state index contributed by atoms with van der Waals surface area (Å²) < 4.78 is 17.2. The van der Waals surface area contributed by atoms with Crippen molar-refractivity contribution in [1.29, 1.82) is 0 Å². The SMILES string of the molecule is Cc1noc(C)c1COc1cc2ccccc2cc1C(=O)N1CC(C)OC(C)C1. The topological polar surface area (TPSA) is 64.8 Å². The van der Waals surface area contributed by atoms with Gasteiger partial charge in [-0.15, -0.1) is 0 Å². The number of hydrogen-bond donors (Lipinski definition) is 0. The molecule has 0 N–H and O–H groups in total. The summed E-state index contributed by atoms with van der Waals surface area (Å²) in [6.07, 6.45) is 0.0182. The Morgan fingerprint density at radius 3 is 2.41 bits per heavy atom. The van der Waals surface area contributed by atoms with Gasteiger partial charge < -0.3 is 18.9 Å². The molecule has 1 aliphatic heterocycles. The van der Waals surface area contributed by atoms with E-state index in [1.807, 2.05) is 69.0 Å². The molecule has 29 heavy (non-hydrogen) atoms. The molecule has 1 saturated heterocycles. The van der Waals surface area contributed by atoms with Crippen LogP contribution >= 0.6 is 0 Å². The number of hydrogen-bond acceptors (Lipinski definition) is 5. The summed E-state index contributed by atoms with van der Waals surface area (Å²) in [4.78, 5) is 15.3. The largest absolute Gasteiger partial charge is 0.488 e. The van der Waals surface area contributed by atoms with E-state index < -0.39 is 0 Å². The van der Waals surface area contributed by atoms with Crippen molar-refractivity contribution in [3.05, 3.63) is 59.0 Å². The maximum absolute atomic E-state index is 13.4. The maximum atomic E-state index is 13.4. The zero-order valence-corrected chi connectivity index (χ0v) is 17.3. The van der Waals surface area contributed by atoms with Crippen molar-refractivity contribution >= 4 is 16.7 Å². The number of rotatable bonds is 4. The lowest BCUT2D eigenvalue weighted by molar-refractivity contribution is -0.0586. The molecule has 2 unspecified atom stereocenters. The number of carbonyl (C=O) groups excluding carboxylic acids is 1. The molecule has 0 saturated carbocycles. The van der Waals surface area contributed by atoms with Crippen molar-refractivity contribution in [2.75, 3.05) is 13.1 Å². The van der Waals surface area contributed by atoms with Crippen LogP contribution in [0.5, 0.6) is 5.75 Å². The molecule has 0 radical (unpaired) electrons. The molecule has 6 heteroatoms. The first-order valence-corrected chi connectivity index (χ1v) is 9.94. The Balaban J connectivity index is 1.69. The standard InChI is InChI=1S/C23H26N2O4/c1-14-11-25(12-15(2)28-14)23(26)20-9-18-7-5-6-8-19(18)10-22(20)27-13-21-16(3)24-29-17(21)4/h5-10,14-15H,11-13H2,1-4H3. The van der Waals surface area contributed by atoms with Crippen LogP contribution in [0.2, 0.25) is 0 Å². The van der Waals surface area contributed by atoms with Gasteiger partial charge in [-0.2, -0.15) is 0 Å². The van der Waals surface area contributed by atoms with Gasteiger partial charge in [0.15, 0.2) is 0 Å². The van der Waals surface area contributed by atoms with E-state index >= 15 is 0 Å². The predicted octanol–water partition coefficient (Wildman–Crippen LogP) is 4.27. The summed E-state index contributed by atoms with van der Waals surface area (Å²) in [5, 5.41) is 6.02. The van der Waals surface area contributed by atoms with Crippen molar-refractivity contribution in [3.63, 3.8) is 0 Å². The summed E-state index contributed by atoms with van der Waals surface area (Å²) in [5.74, 6) is 1.26. The number of carbonyl (C=O) groups is 1. The molecule has 1 aliphatic rings. The lowest BCUT2D eigenvalue weighted by Gasteiger charge is -2.35. The summed E-state index contributed by atoms with van der Waals surface area (Å²) in [7, 11) is 0. The van der Waals surface area contributed by atoms with Crippen LogP contribution in [-0.4, -0.2) is 41.3 Å². The van der Waals surface area contributed by atoms with Gasteiger partial charge in [0.25, 0.3) is 5.91 Å². The van der Waals surface area contributed by atoms with Gasteiger partial charge in [0.1, 0.15) is 18.1 Å². The third kappa shape index (κ3) is 3.98. The Hall–Kier alpha value is -2.86. The predicted molar refractivity (Wildman–Crippen MR) is 110 cm³/mol. The molecular weight excluding hydrogens is 368 g/mol. The number of aromatic nitrogens is 1. The number of amides is 1. The van der Waals surface area contributed by atoms with Gasteiger partial charge in [0, 0.05) is 13.1 Å². The molecule has 3 aromatic rings. The van der Waals surface area contributed by atoms with Crippen molar-refractivity contribution in [1.82, 2.24) is 10.1 Å². The normalized spacial score (nSPS) is 19.5. The summed E-state index contributed by atoms with van der Waals surface area (Å²) in [6.45, 7) is 9.17. The van der Waals surface area contributed by atoms with Gasteiger partial charge in [-0.25, -0.2) is 0 Å². The van der Waals surface area contributed by atoms with Crippen LogP contribution in [0.3, 0.4) is 0 Å². The van der Waals surface area contributed by atoms with E-state index in [1.54, 1.807) is 0 Å². The fourth-order valence-corrected chi connectivity index (χ4v) is 3.88. The van der Waals surface area contributed by atoms with E-state index in [0.717, 1.165) is 27.8 Å². The number of nitrogens with zero attached hydrogens (tertiary/aromatic N) is 2. The number of fused-ring (bicyclic) bond motifs is 1. The molecule has 2 heterocycles. The highest BCUT2D eigenvalue weighted by molar-refractivity contribution is 6.01.